The molecule has 36 heavy (non-hydrogen) atoms. The van der Waals surface area contributed by atoms with Crippen LogP contribution in [0.5, 0.6) is 5.75 Å². The van der Waals surface area contributed by atoms with Crippen molar-refractivity contribution in [3.05, 3.63) is 28.8 Å². The van der Waals surface area contributed by atoms with E-state index in [0.29, 0.717) is 0 Å². The Labute approximate surface area is 212 Å². The summed E-state index contributed by atoms with van der Waals surface area (Å²) in [5.74, 6) is -4.88. The smallest absolute Gasteiger partial charge is 0.230 e. The van der Waals surface area contributed by atoms with Crippen LogP contribution in [0, 0.1) is 40.9 Å². The Morgan fingerprint density at radius 1 is 0.972 bits per heavy atom. The molecule has 0 radical (unpaired) electrons. The van der Waals surface area contributed by atoms with Crippen molar-refractivity contribution in [2.45, 2.75) is 72.1 Å². The number of aromatic hydroxyl groups is 1. The number of phenolic OH excluding ortho intramolecular Hbond substituents is 1. The normalized spacial score (nSPS) is 43.6. The quantitative estimate of drug-likeness (QED) is 0.454. The average Bonchev–Trinajstić information content (AvgIpc) is 2.75. The van der Waals surface area contributed by atoms with Crippen LogP contribution in [0.4, 0.5) is 0 Å². The molecule has 4 rings (SSSR count). The Morgan fingerprint density at radius 3 is 2.03 bits per heavy atom. The van der Waals surface area contributed by atoms with Crippen molar-refractivity contribution in [3.8, 4) is 5.75 Å². The molecule has 198 valence electrons. The number of benzene rings is 1. The maximum atomic E-state index is 14.2. The summed E-state index contributed by atoms with van der Waals surface area (Å²) in [6, 6.07) is 2.44. The van der Waals surface area contributed by atoms with Crippen molar-refractivity contribution in [3.63, 3.8) is 0 Å². The third-order valence-electron chi connectivity index (χ3n) is 11.3. The summed E-state index contributed by atoms with van der Waals surface area (Å²) < 4.78 is 0. The fourth-order valence-electron chi connectivity index (χ4n) is 8.95. The van der Waals surface area contributed by atoms with Crippen LogP contribution >= 0.6 is 0 Å². The van der Waals surface area contributed by atoms with Crippen molar-refractivity contribution in [1.82, 2.24) is 4.90 Å². The van der Waals surface area contributed by atoms with Crippen LogP contribution in [0.15, 0.2) is 12.1 Å². The number of carbonyl (C=O) groups excluding carboxylic acids is 3. The van der Waals surface area contributed by atoms with Crippen molar-refractivity contribution >= 4 is 17.5 Å². The summed E-state index contributed by atoms with van der Waals surface area (Å²) >= 11 is 0. The number of nitrogens with two attached hydrogens (primary N) is 1. The second kappa shape index (κ2) is 7.62. The third kappa shape index (κ3) is 2.63. The molecule has 9 atom stereocenters. The highest BCUT2D eigenvalue weighted by Gasteiger charge is 2.79. The van der Waals surface area contributed by atoms with Crippen molar-refractivity contribution in [2.24, 2.45) is 39.7 Å². The summed E-state index contributed by atoms with van der Waals surface area (Å²) in [6.07, 6.45) is -3.01. The average molecular weight is 501 g/mol. The molecule has 8 nitrogen and oxygen atoms in total. The van der Waals surface area contributed by atoms with E-state index in [1.165, 1.54) is 6.07 Å². The Bertz CT molecular complexity index is 1180. The number of aliphatic hydroxyl groups is 2. The third-order valence-corrected chi connectivity index (χ3v) is 11.3. The summed E-state index contributed by atoms with van der Waals surface area (Å²) in [5, 5.41) is 34.7. The number of phenols is 1. The van der Waals surface area contributed by atoms with Gasteiger partial charge in [-0.2, -0.15) is 0 Å². The lowest BCUT2D eigenvalue weighted by atomic mass is 9.31. The number of aryl methyl sites for hydroxylation is 1. The zero-order valence-electron chi connectivity index (χ0n) is 22.7. The minimum Gasteiger partial charge on any atom is -0.507 e. The molecule has 0 aromatic heterocycles. The number of fused-ring (bicyclic) bond motifs is 3. The van der Waals surface area contributed by atoms with Crippen LogP contribution in [-0.4, -0.2) is 70.0 Å². The van der Waals surface area contributed by atoms with Crippen molar-refractivity contribution in [1.29, 1.82) is 0 Å². The van der Waals surface area contributed by atoms with Crippen LogP contribution in [0.25, 0.3) is 0 Å². The molecule has 8 heteroatoms. The first-order valence-electron chi connectivity index (χ1n) is 12.6. The van der Waals surface area contributed by atoms with Gasteiger partial charge < -0.3 is 21.1 Å². The molecular weight excluding hydrogens is 460 g/mol. The van der Waals surface area contributed by atoms with E-state index in [9.17, 15) is 29.7 Å². The molecule has 5 N–H and O–H groups in total. The van der Waals surface area contributed by atoms with Gasteiger partial charge in [0.2, 0.25) is 5.91 Å². The van der Waals surface area contributed by atoms with E-state index in [2.05, 4.69) is 0 Å². The minimum absolute atomic E-state index is 0.144. The number of ketones is 2. The Kier molecular flexibility index (Phi) is 5.66. The minimum atomic E-state index is -1.59. The van der Waals surface area contributed by atoms with Crippen LogP contribution < -0.4 is 5.73 Å². The number of hydrogen-bond donors (Lipinski definition) is 4. The lowest BCUT2D eigenvalue weighted by Crippen LogP contribution is -2.81. The van der Waals surface area contributed by atoms with E-state index in [1.54, 1.807) is 32.0 Å². The molecule has 1 aromatic rings. The van der Waals surface area contributed by atoms with Crippen LogP contribution in [0.2, 0.25) is 0 Å². The van der Waals surface area contributed by atoms with Gasteiger partial charge in [-0.1, -0.05) is 47.6 Å². The number of Topliss-reactive ketones (excluding diaryl/α,β-unsaturated/α-hetero) is 2. The second-order valence-corrected chi connectivity index (χ2v) is 12.7. The molecule has 1 aromatic carbocycles. The number of amides is 1. The van der Waals surface area contributed by atoms with Crippen LogP contribution in [0.1, 0.15) is 63.0 Å². The predicted octanol–water partition coefficient (Wildman–Crippen LogP) is 1.80. The molecule has 2 fully saturated rings. The first-order chi connectivity index (χ1) is 16.4. The van der Waals surface area contributed by atoms with Gasteiger partial charge >= 0.3 is 0 Å². The van der Waals surface area contributed by atoms with Gasteiger partial charge in [0.15, 0.2) is 11.6 Å². The summed E-state index contributed by atoms with van der Waals surface area (Å²) in [5.41, 5.74) is 3.33. The second-order valence-electron chi connectivity index (χ2n) is 12.7. The zero-order valence-corrected chi connectivity index (χ0v) is 22.7. The van der Waals surface area contributed by atoms with E-state index in [4.69, 9.17) is 5.73 Å². The SMILES string of the molecule is Cc1ccc(O)c2c1C(C)(C)C1(C)C(C2=O)C(O)C2(C)C(O)C(C(N)=O)C(=O)C(N(C)C)C2(C)C1C. The van der Waals surface area contributed by atoms with Gasteiger partial charge in [0.25, 0.3) is 0 Å². The molecule has 3 aliphatic rings. The van der Waals surface area contributed by atoms with E-state index in [-0.39, 0.29) is 11.3 Å². The zero-order chi connectivity index (χ0) is 27.5. The fourth-order valence-corrected chi connectivity index (χ4v) is 8.95. The van der Waals surface area contributed by atoms with E-state index < -0.39 is 75.1 Å². The number of primary amides is 1. The first-order valence-corrected chi connectivity index (χ1v) is 12.6. The predicted molar refractivity (Wildman–Crippen MR) is 134 cm³/mol. The van der Waals surface area contributed by atoms with E-state index in [0.717, 1.165) is 11.1 Å². The largest absolute Gasteiger partial charge is 0.507 e. The van der Waals surface area contributed by atoms with Gasteiger partial charge in [-0.3, -0.25) is 19.3 Å². The highest BCUT2D eigenvalue weighted by molar-refractivity contribution is 6.07. The number of carbonyl (C=O) groups is 3. The molecule has 9 unspecified atom stereocenters. The van der Waals surface area contributed by atoms with Crippen molar-refractivity contribution in [2.75, 3.05) is 14.1 Å². The summed E-state index contributed by atoms with van der Waals surface area (Å²) in [4.78, 5) is 42.2. The van der Waals surface area contributed by atoms with Crippen LogP contribution in [0.3, 0.4) is 0 Å². The summed E-state index contributed by atoms with van der Waals surface area (Å²) in [7, 11) is 3.48. The Balaban J connectivity index is 2.12. The Hall–Kier alpha value is -2.29. The standard InChI is InChI=1S/C28H40N2O6/c1-12-10-11-14(31)15-17(12)25(3,4)26(5)13(2)27(6)21(30(8)9)20(33)16(24(29)36)22(34)28(27,7)23(35)18(26)19(15)32/h10-11,13,16,18,21-23,31,34-35H,1-9H3,(H2,29,36). The molecular formula is C28H40N2O6. The molecule has 0 spiro atoms. The van der Waals surface area contributed by atoms with Gasteiger partial charge in [0, 0.05) is 10.8 Å². The Morgan fingerprint density at radius 2 is 1.53 bits per heavy atom. The lowest BCUT2D eigenvalue weighted by Gasteiger charge is -2.74. The molecule has 0 aliphatic heterocycles. The van der Waals surface area contributed by atoms with Gasteiger partial charge in [-0.25, -0.2) is 0 Å². The maximum absolute atomic E-state index is 14.2. The van der Waals surface area contributed by atoms with Gasteiger partial charge in [-0.05, 0) is 55.0 Å². The monoisotopic (exact) mass is 500 g/mol. The van der Waals surface area contributed by atoms with Gasteiger partial charge in [-0.15, -0.1) is 0 Å². The number of nitrogens with zero attached hydrogens (tertiary/aromatic N) is 1. The number of likely N-dealkylation sites (N-methyl/N-ethyl adjacent to an activating group) is 1. The number of rotatable bonds is 2. The van der Waals surface area contributed by atoms with Gasteiger partial charge in [0.05, 0.1) is 29.7 Å². The maximum Gasteiger partial charge on any atom is 0.230 e. The fraction of sp³-hybridized carbons (Fsp3) is 0.679. The van der Waals surface area contributed by atoms with Crippen molar-refractivity contribution < 1.29 is 29.7 Å². The molecule has 3 aliphatic carbocycles. The van der Waals surface area contributed by atoms with Gasteiger partial charge in [0.1, 0.15) is 11.7 Å². The molecule has 0 saturated heterocycles. The number of hydrogen-bond acceptors (Lipinski definition) is 7. The number of aliphatic hydroxyl groups excluding tert-OH is 2. The molecule has 2 saturated carbocycles. The summed E-state index contributed by atoms with van der Waals surface area (Å²) in [6.45, 7) is 13.5. The highest BCUT2D eigenvalue weighted by atomic mass is 16.3. The highest BCUT2D eigenvalue weighted by Crippen LogP contribution is 2.73. The lowest BCUT2D eigenvalue weighted by molar-refractivity contribution is -0.281. The topological polar surface area (TPSA) is 141 Å². The molecule has 1 amide bonds. The molecule has 0 heterocycles. The van der Waals surface area contributed by atoms with E-state index in [1.807, 2.05) is 41.5 Å². The molecule has 0 bridgehead atoms. The first kappa shape index (κ1) is 26.8. The van der Waals surface area contributed by atoms with E-state index >= 15 is 0 Å². The van der Waals surface area contributed by atoms with Crippen LogP contribution in [-0.2, 0) is 15.0 Å².